The van der Waals surface area contributed by atoms with E-state index in [2.05, 4.69) is 15.6 Å². The van der Waals surface area contributed by atoms with Crippen LogP contribution in [0.2, 0.25) is 0 Å². The molecule has 2 aromatic carbocycles. The highest BCUT2D eigenvalue weighted by atomic mass is 16.2. The van der Waals surface area contributed by atoms with Crippen molar-refractivity contribution in [1.82, 2.24) is 15.2 Å². The summed E-state index contributed by atoms with van der Waals surface area (Å²) in [6.07, 6.45) is 0.792. The van der Waals surface area contributed by atoms with Gasteiger partial charge in [-0.25, -0.2) is 0 Å². The number of anilines is 1. The van der Waals surface area contributed by atoms with Gasteiger partial charge in [-0.15, -0.1) is 0 Å². The topological polar surface area (TPSA) is 128 Å². The van der Waals surface area contributed by atoms with Crippen molar-refractivity contribution in [2.24, 2.45) is 0 Å². The first-order chi connectivity index (χ1) is 15.9. The third-order valence-corrected chi connectivity index (χ3v) is 6.09. The van der Waals surface area contributed by atoms with Crippen molar-refractivity contribution in [2.45, 2.75) is 32.2 Å². The summed E-state index contributed by atoms with van der Waals surface area (Å²) in [5.74, 6) is -2.67. The number of imide groups is 2. The van der Waals surface area contributed by atoms with E-state index in [1.165, 1.54) is 12.1 Å². The predicted molar refractivity (Wildman–Crippen MR) is 119 cm³/mol. The number of para-hydroxylation sites is 1. The summed E-state index contributed by atoms with van der Waals surface area (Å²) in [5, 5.41) is 5.93. The molecule has 2 aliphatic heterocycles. The fraction of sp³-hybridized carbons (Fsp3) is 0.208. The normalized spacial score (nSPS) is 18.0. The zero-order chi connectivity index (χ0) is 23.3. The second-order valence-electron chi connectivity index (χ2n) is 8.04. The largest absolute Gasteiger partial charge is 0.350 e. The zero-order valence-electron chi connectivity index (χ0n) is 17.7. The van der Waals surface area contributed by atoms with Crippen LogP contribution in [0.15, 0.2) is 42.5 Å². The molecule has 5 rings (SSSR count). The Morgan fingerprint density at radius 3 is 2.58 bits per heavy atom. The Labute approximate surface area is 188 Å². The number of carbonyl (C=O) groups excluding carboxylic acids is 5. The summed E-state index contributed by atoms with van der Waals surface area (Å²) in [7, 11) is 0. The molecule has 166 valence electrons. The number of hydrogen-bond acceptors (Lipinski definition) is 5. The molecule has 3 N–H and O–H groups in total. The molecule has 1 saturated heterocycles. The number of piperidine rings is 1. The Morgan fingerprint density at radius 2 is 1.82 bits per heavy atom. The van der Waals surface area contributed by atoms with E-state index >= 15 is 0 Å². The van der Waals surface area contributed by atoms with Crippen molar-refractivity contribution >= 4 is 46.1 Å². The molecule has 33 heavy (non-hydrogen) atoms. The number of carbonyl (C=O) groups is 5. The first-order valence-corrected chi connectivity index (χ1v) is 10.7. The second-order valence-corrected chi connectivity index (χ2v) is 8.04. The van der Waals surface area contributed by atoms with E-state index in [-0.39, 0.29) is 29.9 Å². The van der Waals surface area contributed by atoms with Crippen LogP contribution < -0.4 is 10.6 Å². The van der Waals surface area contributed by atoms with Crippen molar-refractivity contribution in [3.8, 4) is 0 Å². The maximum Gasteiger partial charge on any atom is 0.272 e. The lowest BCUT2D eigenvalue weighted by atomic mass is 10.0. The third kappa shape index (κ3) is 3.29. The smallest absolute Gasteiger partial charge is 0.272 e. The molecule has 0 radical (unpaired) electrons. The van der Waals surface area contributed by atoms with Crippen molar-refractivity contribution in [2.75, 3.05) is 5.32 Å². The summed E-state index contributed by atoms with van der Waals surface area (Å²) in [6, 6.07) is 11.1. The Bertz CT molecular complexity index is 1370. The molecule has 0 bridgehead atoms. The molecule has 2 aliphatic rings. The van der Waals surface area contributed by atoms with Gasteiger partial charge in [-0.1, -0.05) is 25.1 Å². The first kappa shape index (κ1) is 20.6. The van der Waals surface area contributed by atoms with Gasteiger partial charge in [0.15, 0.2) is 0 Å². The number of benzene rings is 2. The molecule has 3 heterocycles. The van der Waals surface area contributed by atoms with E-state index < -0.39 is 29.7 Å². The minimum absolute atomic E-state index is 0.0510. The number of nitrogens with one attached hydrogen (secondary N) is 3. The quantitative estimate of drug-likeness (QED) is 0.532. The van der Waals surface area contributed by atoms with Crippen molar-refractivity contribution in [1.29, 1.82) is 0 Å². The molecule has 0 aliphatic carbocycles. The number of aromatic nitrogens is 1. The van der Waals surface area contributed by atoms with Crippen LogP contribution in [0.1, 0.15) is 56.5 Å². The molecule has 9 nitrogen and oxygen atoms in total. The van der Waals surface area contributed by atoms with E-state index in [1.54, 1.807) is 6.07 Å². The summed E-state index contributed by atoms with van der Waals surface area (Å²) >= 11 is 0. The average Bonchev–Trinajstić information content (AvgIpc) is 3.29. The van der Waals surface area contributed by atoms with E-state index in [4.69, 9.17) is 0 Å². The Morgan fingerprint density at radius 1 is 1.06 bits per heavy atom. The molecule has 1 fully saturated rings. The number of hydrogen-bond donors (Lipinski definition) is 3. The fourth-order valence-corrected chi connectivity index (χ4v) is 4.50. The van der Waals surface area contributed by atoms with Gasteiger partial charge in [-0.05, 0) is 42.7 Å². The Kier molecular flexibility index (Phi) is 4.81. The van der Waals surface area contributed by atoms with Crippen LogP contribution in [0.5, 0.6) is 0 Å². The van der Waals surface area contributed by atoms with Crippen LogP contribution in [-0.4, -0.2) is 45.5 Å². The van der Waals surface area contributed by atoms with Crippen LogP contribution in [0.3, 0.4) is 0 Å². The van der Waals surface area contributed by atoms with Gasteiger partial charge in [0.2, 0.25) is 11.8 Å². The van der Waals surface area contributed by atoms with Crippen LogP contribution >= 0.6 is 0 Å². The first-order valence-electron chi connectivity index (χ1n) is 10.7. The van der Waals surface area contributed by atoms with Crippen LogP contribution in [0.25, 0.3) is 10.9 Å². The second kappa shape index (κ2) is 7.70. The molecule has 9 heteroatoms. The number of aryl methyl sites for hydroxylation is 1. The fourth-order valence-electron chi connectivity index (χ4n) is 4.50. The monoisotopic (exact) mass is 444 g/mol. The molecule has 0 spiro atoms. The summed E-state index contributed by atoms with van der Waals surface area (Å²) in [4.78, 5) is 66.5. The lowest BCUT2D eigenvalue weighted by molar-refractivity contribution is -0.136. The van der Waals surface area contributed by atoms with Crippen LogP contribution in [0.4, 0.5) is 5.69 Å². The number of amides is 5. The maximum atomic E-state index is 13.0. The van der Waals surface area contributed by atoms with Gasteiger partial charge in [0.25, 0.3) is 17.7 Å². The summed E-state index contributed by atoms with van der Waals surface area (Å²) < 4.78 is 0. The molecule has 1 aromatic heterocycles. The van der Waals surface area contributed by atoms with Crippen molar-refractivity contribution in [3.05, 3.63) is 64.8 Å². The van der Waals surface area contributed by atoms with Gasteiger partial charge in [0, 0.05) is 23.0 Å². The van der Waals surface area contributed by atoms with Crippen molar-refractivity contribution in [3.63, 3.8) is 0 Å². The lowest BCUT2D eigenvalue weighted by Gasteiger charge is -2.27. The highest BCUT2D eigenvalue weighted by Gasteiger charge is 2.44. The highest BCUT2D eigenvalue weighted by molar-refractivity contribution is 6.24. The van der Waals surface area contributed by atoms with Gasteiger partial charge >= 0.3 is 0 Å². The van der Waals surface area contributed by atoms with Crippen LogP contribution in [-0.2, 0) is 16.0 Å². The number of aromatic amines is 1. The Balaban J connectivity index is 1.42. The van der Waals surface area contributed by atoms with E-state index in [1.807, 2.05) is 31.2 Å². The summed E-state index contributed by atoms with van der Waals surface area (Å²) in [5.41, 5.74) is 2.79. The van der Waals surface area contributed by atoms with E-state index in [0.717, 1.165) is 21.4 Å². The third-order valence-electron chi connectivity index (χ3n) is 6.09. The number of nitrogens with zero attached hydrogens (tertiary/aromatic N) is 1. The number of H-pyrrole nitrogens is 1. The molecular formula is C24H20N4O5. The molecule has 1 atom stereocenters. The lowest BCUT2D eigenvalue weighted by Crippen LogP contribution is -2.54. The number of rotatable bonds is 4. The van der Waals surface area contributed by atoms with Gasteiger partial charge in [0.1, 0.15) is 11.7 Å². The predicted octanol–water partition coefficient (Wildman–Crippen LogP) is 2.38. The van der Waals surface area contributed by atoms with Crippen LogP contribution in [0, 0.1) is 0 Å². The van der Waals surface area contributed by atoms with Gasteiger partial charge in [-0.3, -0.25) is 34.2 Å². The molecule has 0 saturated carbocycles. The van der Waals surface area contributed by atoms with Gasteiger partial charge in [-0.2, -0.15) is 0 Å². The van der Waals surface area contributed by atoms with Gasteiger partial charge < -0.3 is 10.3 Å². The molecular weight excluding hydrogens is 424 g/mol. The summed E-state index contributed by atoms with van der Waals surface area (Å²) in [6.45, 7) is 1.97. The van der Waals surface area contributed by atoms with E-state index in [0.29, 0.717) is 17.8 Å². The average molecular weight is 444 g/mol. The standard InChI is InChI=1S/C24H20N4O5/c1-2-13-14-5-3-4-6-17(14)26-20(13)22(31)25-12-7-8-15-16(11-12)24(33)28(23(15)32)18-9-10-19(29)27-21(18)30/h3-8,11,18,26H,2,9-10H2,1H3,(H,25,31)(H,27,29,30). The van der Waals surface area contributed by atoms with Crippen molar-refractivity contribution < 1.29 is 24.0 Å². The molecule has 5 amide bonds. The molecule has 1 unspecified atom stereocenters. The minimum atomic E-state index is -1.04. The Hall–Kier alpha value is -4.27. The number of fused-ring (bicyclic) bond motifs is 2. The van der Waals surface area contributed by atoms with Gasteiger partial charge in [0.05, 0.1) is 11.1 Å². The SMILES string of the molecule is CCc1c(C(=O)Nc2ccc3c(c2)C(=O)N(C2CCC(=O)NC2=O)C3=O)[nH]c2ccccc12. The zero-order valence-corrected chi connectivity index (χ0v) is 17.7. The maximum absolute atomic E-state index is 13.0. The highest BCUT2D eigenvalue weighted by Crippen LogP contribution is 2.30. The molecule has 3 aromatic rings. The minimum Gasteiger partial charge on any atom is -0.350 e. The van der Waals surface area contributed by atoms with E-state index in [9.17, 15) is 24.0 Å².